The number of likely N-dealkylation sites (tertiary alicyclic amines) is 1. The molecule has 0 aromatic heterocycles. The first-order valence-electron chi connectivity index (χ1n) is 6.83. The number of nitrogens with zero attached hydrogens (tertiary/aromatic N) is 1. The predicted molar refractivity (Wildman–Crippen MR) is 71.2 cm³/mol. The molecule has 0 aliphatic carbocycles. The fourth-order valence-corrected chi connectivity index (χ4v) is 2.27. The lowest BCUT2D eigenvalue weighted by Gasteiger charge is -2.33. The van der Waals surface area contributed by atoms with E-state index in [4.69, 9.17) is 5.11 Å². The summed E-state index contributed by atoms with van der Waals surface area (Å²) in [5, 5.41) is 11.4. The Balaban J connectivity index is 2.56. The van der Waals surface area contributed by atoms with E-state index in [9.17, 15) is 14.4 Å². The van der Waals surface area contributed by atoms with Crippen molar-refractivity contribution in [2.24, 2.45) is 5.92 Å². The molecule has 2 atom stereocenters. The molecule has 0 radical (unpaired) electrons. The maximum atomic E-state index is 12.0. The molecule has 7 heteroatoms. The average molecular weight is 286 g/mol. The van der Waals surface area contributed by atoms with Crippen molar-refractivity contribution in [1.29, 1.82) is 0 Å². The fourth-order valence-electron chi connectivity index (χ4n) is 2.27. The van der Waals surface area contributed by atoms with Crippen LogP contribution in [0.1, 0.15) is 32.6 Å². The highest BCUT2D eigenvalue weighted by Gasteiger charge is 2.28. The van der Waals surface area contributed by atoms with E-state index in [1.807, 2.05) is 0 Å². The van der Waals surface area contributed by atoms with Crippen LogP contribution in [0.2, 0.25) is 0 Å². The van der Waals surface area contributed by atoms with Crippen LogP contribution in [0.15, 0.2) is 0 Å². The minimum Gasteiger partial charge on any atom is -0.480 e. The average Bonchev–Trinajstić information content (AvgIpc) is 2.46. The molecule has 1 unspecified atom stereocenters. The lowest BCUT2D eigenvalue weighted by atomic mass is 9.96. The van der Waals surface area contributed by atoms with Gasteiger partial charge in [-0.2, -0.15) is 0 Å². The fraction of sp³-hybridized carbons (Fsp3) is 0.769. The van der Waals surface area contributed by atoms with Crippen LogP contribution in [-0.2, 0) is 14.3 Å². The third kappa shape index (κ3) is 4.71. The molecule has 0 spiro atoms. The van der Waals surface area contributed by atoms with E-state index in [1.54, 1.807) is 4.90 Å². The van der Waals surface area contributed by atoms with Gasteiger partial charge in [0.25, 0.3) is 0 Å². The van der Waals surface area contributed by atoms with Gasteiger partial charge in [0.05, 0.1) is 13.5 Å². The molecule has 2 amide bonds. The van der Waals surface area contributed by atoms with Crippen LogP contribution in [0, 0.1) is 5.92 Å². The van der Waals surface area contributed by atoms with Crippen LogP contribution >= 0.6 is 0 Å². The number of aliphatic carboxylic acids is 1. The standard InChI is InChI=1S/C13H22N2O5/c1-3-9-5-4-6-15(8-9)13(19)14-10(12(17)18)7-11(16)20-2/h9-10H,3-8H2,1-2H3,(H,14,19)(H,17,18)/t9?,10-/m0/s1. The Hall–Kier alpha value is -1.79. The molecule has 0 bridgehead atoms. The number of methoxy groups -OCH3 is 1. The largest absolute Gasteiger partial charge is 0.480 e. The highest BCUT2D eigenvalue weighted by Crippen LogP contribution is 2.19. The first kappa shape index (κ1) is 16.3. The zero-order valence-corrected chi connectivity index (χ0v) is 11.9. The van der Waals surface area contributed by atoms with Crippen molar-refractivity contribution in [3.63, 3.8) is 0 Å². The number of urea groups is 1. The third-order valence-electron chi connectivity index (χ3n) is 3.58. The molecule has 0 aromatic carbocycles. The molecule has 0 saturated carbocycles. The van der Waals surface area contributed by atoms with E-state index in [-0.39, 0.29) is 6.42 Å². The number of piperidine rings is 1. The van der Waals surface area contributed by atoms with Gasteiger partial charge in [-0.15, -0.1) is 0 Å². The minimum atomic E-state index is -1.25. The van der Waals surface area contributed by atoms with Crippen LogP contribution in [0.25, 0.3) is 0 Å². The number of carbonyl (C=O) groups is 3. The number of carbonyl (C=O) groups excluding carboxylic acids is 2. The molecule has 7 nitrogen and oxygen atoms in total. The second kappa shape index (κ2) is 7.72. The van der Waals surface area contributed by atoms with Gasteiger partial charge >= 0.3 is 18.0 Å². The SMILES string of the molecule is CCC1CCCN(C(=O)N[C@@H](CC(=O)OC)C(=O)O)C1. The Bertz CT molecular complexity index is 372. The summed E-state index contributed by atoms with van der Waals surface area (Å²) < 4.78 is 4.43. The second-order valence-electron chi connectivity index (χ2n) is 4.98. The summed E-state index contributed by atoms with van der Waals surface area (Å²) in [6, 6.07) is -1.68. The number of rotatable bonds is 5. The second-order valence-corrected chi connectivity index (χ2v) is 4.98. The number of nitrogens with one attached hydrogen (secondary N) is 1. The van der Waals surface area contributed by atoms with E-state index in [1.165, 1.54) is 7.11 Å². The molecule has 114 valence electrons. The van der Waals surface area contributed by atoms with Gasteiger partial charge in [-0.1, -0.05) is 13.3 Å². The van der Waals surface area contributed by atoms with E-state index < -0.39 is 24.0 Å². The molecule has 1 heterocycles. The van der Waals surface area contributed by atoms with Crippen LogP contribution in [0.5, 0.6) is 0 Å². The molecular weight excluding hydrogens is 264 g/mol. The van der Waals surface area contributed by atoms with Gasteiger partial charge in [-0.05, 0) is 18.8 Å². The van der Waals surface area contributed by atoms with Crippen molar-refractivity contribution in [3.05, 3.63) is 0 Å². The van der Waals surface area contributed by atoms with Crippen molar-refractivity contribution in [1.82, 2.24) is 10.2 Å². The maximum Gasteiger partial charge on any atom is 0.326 e. The van der Waals surface area contributed by atoms with Gasteiger partial charge in [0, 0.05) is 13.1 Å². The number of amides is 2. The number of ether oxygens (including phenoxy) is 1. The quantitative estimate of drug-likeness (QED) is 0.730. The Morgan fingerprint density at radius 2 is 2.15 bits per heavy atom. The Morgan fingerprint density at radius 1 is 1.45 bits per heavy atom. The topological polar surface area (TPSA) is 95.9 Å². The van der Waals surface area contributed by atoms with Gasteiger partial charge in [0.2, 0.25) is 0 Å². The number of hydrogen-bond acceptors (Lipinski definition) is 4. The maximum absolute atomic E-state index is 12.0. The molecule has 2 N–H and O–H groups in total. The lowest BCUT2D eigenvalue weighted by molar-refractivity contribution is -0.147. The number of carboxylic acids is 1. The van der Waals surface area contributed by atoms with Crippen molar-refractivity contribution in [3.8, 4) is 0 Å². The molecule has 1 rings (SSSR count). The minimum absolute atomic E-state index is 0.372. The highest BCUT2D eigenvalue weighted by molar-refractivity contribution is 5.86. The van der Waals surface area contributed by atoms with Crippen LogP contribution < -0.4 is 5.32 Å². The smallest absolute Gasteiger partial charge is 0.326 e. The summed E-state index contributed by atoms with van der Waals surface area (Å²) in [5.41, 5.74) is 0. The van der Waals surface area contributed by atoms with Gasteiger partial charge in [-0.3, -0.25) is 4.79 Å². The summed E-state index contributed by atoms with van der Waals surface area (Å²) in [4.78, 5) is 35.8. The molecule has 1 saturated heterocycles. The first-order valence-corrected chi connectivity index (χ1v) is 6.83. The van der Waals surface area contributed by atoms with Gasteiger partial charge in [-0.25, -0.2) is 9.59 Å². The number of esters is 1. The summed E-state index contributed by atoms with van der Waals surface area (Å²) in [7, 11) is 1.18. The van der Waals surface area contributed by atoms with E-state index in [0.717, 1.165) is 19.3 Å². The summed E-state index contributed by atoms with van der Waals surface area (Å²) in [6.45, 7) is 3.32. The van der Waals surface area contributed by atoms with Gasteiger partial charge < -0.3 is 20.1 Å². The highest BCUT2D eigenvalue weighted by atomic mass is 16.5. The lowest BCUT2D eigenvalue weighted by Crippen LogP contribution is -2.51. The van der Waals surface area contributed by atoms with Crippen LogP contribution in [0.3, 0.4) is 0 Å². The summed E-state index contributed by atoms with van der Waals surface area (Å²) in [5.74, 6) is -1.45. The Labute approximate surface area is 118 Å². The zero-order chi connectivity index (χ0) is 15.1. The van der Waals surface area contributed by atoms with Crippen LogP contribution in [-0.4, -0.2) is 54.2 Å². The molecule has 1 fully saturated rings. The number of hydrogen-bond donors (Lipinski definition) is 2. The van der Waals surface area contributed by atoms with Crippen molar-refractivity contribution in [2.45, 2.75) is 38.6 Å². The summed E-state index contributed by atoms with van der Waals surface area (Å²) in [6.07, 6.45) is 2.63. The third-order valence-corrected chi connectivity index (χ3v) is 3.58. The van der Waals surface area contributed by atoms with Crippen molar-refractivity contribution < 1.29 is 24.2 Å². The Kier molecular flexibility index (Phi) is 6.27. The normalized spacial score (nSPS) is 20.1. The van der Waals surface area contributed by atoms with Crippen molar-refractivity contribution >= 4 is 18.0 Å². The molecule has 0 aromatic rings. The van der Waals surface area contributed by atoms with Crippen LogP contribution in [0.4, 0.5) is 4.79 Å². The molecule has 1 aliphatic heterocycles. The molecular formula is C13H22N2O5. The van der Waals surface area contributed by atoms with Gasteiger partial charge in [0.1, 0.15) is 6.04 Å². The molecule has 20 heavy (non-hydrogen) atoms. The first-order chi connectivity index (χ1) is 9.47. The summed E-state index contributed by atoms with van der Waals surface area (Å²) >= 11 is 0. The van der Waals surface area contributed by atoms with E-state index >= 15 is 0 Å². The van der Waals surface area contributed by atoms with E-state index in [2.05, 4.69) is 17.0 Å². The van der Waals surface area contributed by atoms with Gasteiger partial charge in [0.15, 0.2) is 0 Å². The molecule has 1 aliphatic rings. The van der Waals surface area contributed by atoms with E-state index in [0.29, 0.717) is 19.0 Å². The Morgan fingerprint density at radius 3 is 2.70 bits per heavy atom. The van der Waals surface area contributed by atoms with Crippen molar-refractivity contribution in [2.75, 3.05) is 20.2 Å². The monoisotopic (exact) mass is 286 g/mol. The zero-order valence-electron chi connectivity index (χ0n) is 11.9. The number of carboxylic acid groups (broad SMARTS) is 1. The predicted octanol–water partition coefficient (Wildman–Crippen LogP) is 0.834.